The molecule has 0 fully saturated rings. The molecule has 0 saturated heterocycles. The Bertz CT molecular complexity index is 1310. The zero-order valence-corrected chi connectivity index (χ0v) is 15.6. The van der Waals surface area contributed by atoms with Crippen molar-refractivity contribution in [2.75, 3.05) is 0 Å². The van der Waals surface area contributed by atoms with E-state index in [0.29, 0.717) is 17.8 Å². The third-order valence-electron chi connectivity index (χ3n) is 4.46. The third kappa shape index (κ3) is 3.01. The van der Waals surface area contributed by atoms with Gasteiger partial charge in [-0.3, -0.25) is 14.9 Å². The van der Waals surface area contributed by atoms with Crippen molar-refractivity contribution in [3.8, 4) is 21.7 Å². The molecule has 0 aliphatic heterocycles. The molecule has 0 bridgehead atoms. The number of nitrogens with one attached hydrogen (secondary N) is 1. The fourth-order valence-electron chi connectivity index (χ4n) is 3.15. The number of fused-ring (bicyclic) bond motifs is 1. The Balaban J connectivity index is 1.52. The van der Waals surface area contributed by atoms with Gasteiger partial charge in [-0.15, -0.1) is 11.3 Å². The minimum absolute atomic E-state index is 0.134. The number of nitrogens with zero attached hydrogens (tertiary/aromatic N) is 4. The van der Waals surface area contributed by atoms with E-state index < -0.39 is 0 Å². The maximum Gasteiger partial charge on any atom is 0.272 e. The number of hydrogen-bond acceptors (Lipinski definition) is 5. The molecule has 0 aliphatic carbocycles. The second-order valence-corrected chi connectivity index (χ2v) is 7.22. The summed E-state index contributed by atoms with van der Waals surface area (Å²) in [7, 11) is 0. The number of thiazole rings is 1. The van der Waals surface area contributed by atoms with Crippen molar-refractivity contribution in [2.24, 2.45) is 0 Å². The highest BCUT2D eigenvalue weighted by Crippen LogP contribution is 2.25. The van der Waals surface area contributed by atoms with Crippen LogP contribution in [0.1, 0.15) is 11.4 Å². The van der Waals surface area contributed by atoms with Crippen LogP contribution in [0.3, 0.4) is 0 Å². The van der Waals surface area contributed by atoms with Crippen LogP contribution in [-0.2, 0) is 6.42 Å². The lowest BCUT2D eigenvalue weighted by atomic mass is 10.1. The standard InChI is InChI=1S/C21H15N5OS/c27-19-10-16(9-17-13-28-21(25-17)15-7-4-8-22-11-15)24-20-18(12-23-26(19)20)14-5-2-1-3-6-14/h1-8,10-13,23H,9H2. The first-order chi connectivity index (χ1) is 13.8. The predicted octanol–water partition coefficient (Wildman–Crippen LogP) is 3.80. The number of rotatable bonds is 4. The van der Waals surface area contributed by atoms with Gasteiger partial charge in [-0.2, -0.15) is 0 Å². The van der Waals surface area contributed by atoms with Crippen molar-refractivity contribution in [1.82, 2.24) is 24.6 Å². The molecule has 5 rings (SSSR count). The molecule has 4 heterocycles. The average molecular weight is 385 g/mol. The maximum absolute atomic E-state index is 12.5. The Labute approximate surface area is 164 Å². The highest BCUT2D eigenvalue weighted by molar-refractivity contribution is 7.13. The van der Waals surface area contributed by atoms with Gasteiger partial charge in [0.2, 0.25) is 0 Å². The number of aromatic amines is 1. The van der Waals surface area contributed by atoms with E-state index in [1.54, 1.807) is 29.8 Å². The monoisotopic (exact) mass is 385 g/mol. The van der Waals surface area contributed by atoms with Gasteiger partial charge in [0.15, 0.2) is 5.65 Å². The SMILES string of the molecule is O=c1cc(Cc2csc(-c3cccnc3)n2)nc2c(-c3ccccc3)c[nH]n12. The Kier molecular flexibility index (Phi) is 4.06. The van der Waals surface area contributed by atoms with Crippen LogP contribution in [0.2, 0.25) is 0 Å². The van der Waals surface area contributed by atoms with Crippen LogP contribution in [0.5, 0.6) is 0 Å². The molecule has 0 radical (unpaired) electrons. The highest BCUT2D eigenvalue weighted by Gasteiger charge is 2.12. The van der Waals surface area contributed by atoms with Crippen molar-refractivity contribution < 1.29 is 0 Å². The molecule has 1 N–H and O–H groups in total. The van der Waals surface area contributed by atoms with Gasteiger partial charge in [-0.1, -0.05) is 30.3 Å². The number of hydrogen-bond donors (Lipinski definition) is 1. The fourth-order valence-corrected chi connectivity index (χ4v) is 3.96. The second kappa shape index (κ2) is 6.86. The summed E-state index contributed by atoms with van der Waals surface area (Å²) < 4.78 is 1.47. The van der Waals surface area contributed by atoms with Gasteiger partial charge in [0, 0.05) is 47.6 Å². The molecule has 136 valence electrons. The molecule has 5 aromatic rings. The van der Waals surface area contributed by atoms with E-state index >= 15 is 0 Å². The third-order valence-corrected chi connectivity index (χ3v) is 5.40. The van der Waals surface area contributed by atoms with Crippen LogP contribution in [0.15, 0.2) is 77.3 Å². The first-order valence-corrected chi connectivity index (χ1v) is 9.66. The van der Waals surface area contributed by atoms with Crippen LogP contribution in [0.4, 0.5) is 0 Å². The molecule has 0 unspecified atom stereocenters. The Hall–Kier alpha value is -3.58. The summed E-state index contributed by atoms with van der Waals surface area (Å²) in [5.41, 5.74) is 4.97. The summed E-state index contributed by atoms with van der Waals surface area (Å²) in [6, 6.07) is 15.3. The molecule has 1 aromatic carbocycles. The van der Waals surface area contributed by atoms with Crippen molar-refractivity contribution in [3.05, 3.63) is 94.2 Å². The van der Waals surface area contributed by atoms with Crippen LogP contribution in [-0.4, -0.2) is 24.6 Å². The molecule has 0 aliphatic rings. The van der Waals surface area contributed by atoms with E-state index in [1.165, 1.54) is 4.52 Å². The van der Waals surface area contributed by atoms with Gasteiger partial charge in [-0.05, 0) is 17.7 Å². The number of benzene rings is 1. The van der Waals surface area contributed by atoms with Crippen molar-refractivity contribution in [3.63, 3.8) is 0 Å². The quantitative estimate of drug-likeness (QED) is 0.511. The summed E-state index contributed by atoms with van der Waals surface area (Å²) in [6.45, 7) is 0. The Morgan fingerprint density at radius 3 is 2.68 bits per heavy atom. The van der Waals surface area contributed by atoms with E-state index in [0.717, 1.165) is 27.4 Å². The topological polar surface area (TPSA) is 75.9 Å². The molecule has 4 aromatic heterocycles. The summed E-state index contributed by atoms with van der Waals surface area (Å²) in [5.74, 6) is 0. The molecule has 0 spiro atoms. The summed E-state index contributed by atoms with van der Waals surface area (Å²) in [5, 5.41) is 5.90. The lowest BCUT2D eigenvalue weighted by Crippen LogP contribution is -2.15. The van der Waals surface area contributed by atoms with Crippen LogP contribution >= 0.6 is 11.3 Å². The van der Waals surface area contributed by atoms with Crippen molar-refractivity contribution in [1.29, 1.82) is 0 Å². The van der Waals surface area contributed by atoms with E-state index in [9.17, 15) is 4.79 Å². The zero-order chi connectivity index (χ0) is 18.9. The van der Waals surface area contributed by atoms with Gasteiger partial charge in [-0.25, -0.2) is 14.5 Å². The zero-order valence-electron chi connectivity index (χ0n) is 14.7. The first kappa shape index (κ1) is 16.6. The minimum Gasteiger partial charge on any atom is -0.296 e. The maximum atomic E-state index is 12.5. The average Bonchev–Trinajstić information content (AvgIpc) is 3.37. The molecule has 28 heavy (non-hydrogen) atoms. The lowest BCUT2D eigenvalue weighted by molar-refractivity contribution is 0.878. The van der Waals surface area contributed by atoms with Gasteiger partial charge < -0.3 is 0 Å². The Morgan fingerprint density at radius 2 is 1.86 bits per heavy atom. The van der Waals surface area contributed by atoms with E-state index in [-0.39, 0.29) is 5.56 Å². The predicted molar refractivity (Wildman–Crippen MR) is 109 cm³/mol. The number of H-pyrrole nitrogens is 1. The molecule has 0 atom stereocenters. The van der Waals surface area contributed by atoms with Gasteiger partial charge in [0.25, 0.3) is 5.56 Å². The molecule has 0 saturated carbocycles. The summed E-state index contributed by atoms with van der Waals surface area (Å²) in [6.07, 6.45) is 5.85. The normalized spacial score (nSPS) is 11.1. The van der Waals surface area contributed by atoms with Crippen molar-refractivity contribution in [2.45, 2.75) is 6.42 Å². The molecular formula is C21H15N5OS. The first-order valence-electron chi connectivity index (χ1n) is 8.78. The van der Waals surface area contributed by atoms with E-state index in [4.69, 9.17) is 4.98 Å². The Morgan fingerprint density at radius 1 is 1.00 bits per heavy atom. The van der Waals surface area contributed by atoms with E-state index in [1.807, 2.05) is 54.0 Å². The largest absolute Gasteiger partial charge is 0.296 e. The fraction of sp³-hybridized carbons (Fsp3) is 0.0476. The van der Waals surface area contributed by atoms with Gasteiger partial charge in [0.05, 0.1) is 11.4 Å². The molecule has 0 amide bonds. The lowest BCUT2D eigenvalue weighted by Gasteiger charge is -2.02. The van der Waals surface area contributed by atoms with Crippen molar-refractivity contribution >= 4 is 17.0 Å². The highest BCUT2D eigenvalue weighted by atomic mass is 32.1. The number of pyridine rings is 1. The minimum atomic E-state index is -0.134. The molecular weight excluding hydrogens is 370 g/mol. The van der Waals surface area contributed by atoms with E-state index in [2.05, 4.69) is 15.1 Å². The summed E-state index contributed by atoms with van der Waals surface area (Å²) >= 11 is 1.56. The second-order valence-electron chi connectivity index (χ2n) is 6.36. The molecule has 7 heteroatoms. The van der Waals surface area contributed by atoms with Crippen LogP contribution in [0.25, 0.3) is 27.3 Å². The van der Waals surface area contributed by atoms with Crippen LogP contribution < -0.4 is 5.56 Å². The van der Waals surface area contributed by atoms with Gasteiger partial charge in [0.1, 0.15) is 5.01 Å². The smallest absolute Gasteiger partial charge is 0.272 e. The molecule has 6 nitrogen and oxygen atoms in total. The van der Waals surface area contributed by atoms with Gasteiger partial charge >= 0.3 is 0 Å². The van der Waals surface area contributed by atoms with Crippen LogP contribution in [0, 0.1) is 0 Å². The summed E-state index contributed by atoms with van der Waals surface area (Å²) in [4.78, 5) is 26.1. The number of aromatic nitrogens is 5.